The third-order valence-corrected chi connectivity index (χ3v) is 6.30. The summed E-state index contributed by atoms with van der Waals surface area (Å²) < 4.78 is 1.94. The summed E-state index contributed by atoms with van der Waals surface area (Å²) in [6.07, 6.45) is 0. The van der Waals surface area contributed by atoms with E-state index in [0.29, 0.717) is 35.1 Å². The number of hydrogen-bond acceptors (Lipinski definition) is 4. The Morgan fingerprint density at radius 2 is 1.68 bits per heavy atom. The Morgan fingerprint density at radius 3 is 2.42 bits per heavy atom. The maximum atomic E-state index is 12.6. The third-order valence-electron chi connectivity index (χ3n) is 4.82. The number of fused-ring (bicyclic) bond motifs is 1. The van der Waals surface area contributed by atoms with Crippen LogP contribution in [0.25, 0.3) is 10.2 Å². The summed E-state index contributed by atoms with van der Waals surface area (Å²) in [4.78, 5) is 26.4. The van der Waals surface area contributed by atoms with Crippen LogP contribution in [-0.4, -0.2) is 34.7 Å². The molecule has 8 heteroatoms. The van der Waals surface area contributed by atoms with Crippen LogP contribution in [0.3, 0.4) is 0 Å². The van der Waals surface area contributed by atoms with Crippen LogP contribution < -0.4 is 10.6 Å². The van der Waals surface area contributed by atoms with Gasteiger partial charge < -0.3 is 10.6 Å². The Kier molecular flexibility index (Phi) is 6.34. The first-order valence-electron chi connectivity index (χ1n) is 9.84. The molecule has 2 aromatic carbocycles. The van der Waals surface area contributed by atoms with Crippen LogP contribution in [0.15, 0.2) is 60.7 Å². The highest BCUT2D eigenvalue weighted by Crippen LogP contribution is 2.28. The minimum absolute atomic E-state index is 0.168. The zero-order valence-corrected chi connectivity index (χ0v) is 18.5. The van der Waals surface area contributed by atoms with Crippen molar-refractivity contribution in [2.45, 2.75) is 13.5 Å². The average Bonchev–Trinajstić information content (AvgIpc) is 3.33. The second kappa shape index (κ2) is 9.32. The predicted molar refractivity (Wildman–Crippen MR) is 124 cm³/mol. The summed E-state index contributed by atoms with van der Waals surface area (Å²) in [7, 11) is 0. The van der Waals surface area contributed by atoms with E-state index < -0.39 is 0 Å². The third kappa shape index (κ3) is 4.78. The summed E-state index contributed by atoms with van der Waals surface area (Å²) in [6, 6.07) is 18.8. The first kappa shape index (κ1) is 21.1. The van der Waals surface area contributed by atoms with E-state index in [0.717, 1.165) is 21.5 Å². The number of halogens is 1. The SMILES string of the molecule is Cc1nn(Cc2ccccc2)c2sc(C(=O)NCCNC(=O)c3ccccc3Cl)cc12. The maximum absolute atomic E-state index is 12.6. The minimum atomic E-state index is -0.265. The molecular formula is C23H21ClN4O2S. The first-order valence-corrected chi connectivity index (χ1v) is 11.0. The van der Waals surface area contributed by atoms with Gasteiger partial charge in [-0.25, -0.2) is 0 Å². The molecule has 0 aliphatic rings. The summed E-state index contributed by atoms with van der Waals surface area (Å²) in [5.41, 5.74) is 2.47. The van der Waals surface area contributed by atoms with E-state index in [4.69, 9.17) is 11.6 Å². The van der Waals surface area contributed by atoms with Crippen molar-refractivity contribution in [3.05, 3.63) is 87.4 Å². The van der Waals surface area contributed by atoms with E-state index >= 15 is 0 Å². The highest BCUT2D eigenvalue weighted by atomic mass is 35.5. The molecule has 0 spiro atoms. The second-order valence-electron chi connectivity index (χ2n) is 7.05. The van der Waals surface area contributed by atoms with Crippen molar-refractivity contribution in [1.82, 2.24) is 20.4 Å². The molecule has 0 unspecified atom stereocenters. The number of carbonyl (C=O) groups is 2. The number of benzene rings is 2. The van der Waals surface area contributed by atoms with E-state index in [1.54, 1.807) is 24.3 Å². The molecule has 0 radical (unpaired) electrons. The number of carbonyl (C=O) groups excluding carboxylic acids is 2. The van der Waals surface area contributed by atoms with Crippen molar-refractivity contribution in [3.63, 3.8) is 0 Å². The van der Waals surface area contributed by atoms with Crippen LogP contribution in [0.4, 0.5) is 0 Å². The standard InChI is InChI=1S/C23H21ClN4O2S/c1-15-18-13-20(31-23(18)28(27-15)14-16-7-3-2-4-8-16)22(30)26-12-11-25-21(29)17-9-5-6-10-19(17)24/h2-10,13H,11-12,14H2,1H3,(H,25,29)(H,26,30). The molecule has 2 heterocycles. The van der Waals surface area contributed by atoms with Crippen LogP contribution >= 0.6 is 22.9 Å². The summed E-state index contributed by atoms with van der Waals surface area (Å²) in [5, 5.41) is 11.6. The van der Waals surface area contributed by atoms with Gasteiger partial charge >= 0.3 is 0 Å². The van der Waals surface area contributed by atoms with Crippen molar-refractivity contribution >= 4 is 45.0 Å². The van der Waals surface area contributed by atoms with Gasteiger partial charge in [0.15, 0.2) is 0 Å². The summed E-state index contributed by atoms with van der Waals surface area (Å²) >= 11 is 7.45. The Hall–Kier alpha value is -3.16. The number of thiophene rings is 1. The van der Waals surface area contributed by atoms with Crippen LogP contribution in [-0.2, 0) is 6.54 Å². The van der Waals surface area contributed by atoms with Gasteiger partial charge in [-0.05, 0) is 30.7 Å². The largest absolute Gasteiger partial charge is 0.350 e. The normalized spacial score (nSPS) is 10.9. The predicted octanol–water partition coefficient (Wildman–Crippen LogP) is 4.27. The number of hydrogen-bond donors (Lipinski definition) is 2. The smallest absolute Gasteiger partial charge is 0.261 e. The molecule has 2 aromatic heterocycles. The van der Waals surface area contributed by atoms with Crippen molar-refractivity contribution in [2.24, 2.45) is 0 Å². The number of nitrogens with one attached hydrogen (secondary N) is 2. The minimum Gasteiger partial charge on any atom is -0.350 e. The molecule has 4 aromatic rings. The van der Waals surface area contributed by atoms with Crippen molar-refractivity contribution in [3.8, 4) is 0 Å². The lowest BCUT2D eigenvalue weighted by atomic mass is 10.2. The lowest BCUT2D eigenvalue weighted by Gasteiger charge is -2.07. The Bertz CT molecular complexity index is 1230. The quantitative estimate of drug-likeness (QED) is 0.411. The molecule has 0 saturated carbocycles. The summed E-state index contributed by atoms with van der Waals surface area (Å²) in [6.45, 7) is 3.23. The summed E-state index contributed by atoms with van der Waals surface area (Å²) in [5.74, 6) is -0.433. The zero-order valence-electron chi connectivity index (χ0n) is 16.9. The lowest BCUT2D eigenvalue weighted by molar-refractivity contribution is 0.0929. The Balaban J connectivity index is 1.36. The van der Waals surface area contributed by atoms with Crippen molar-refractivity contribution in [1.29, 1.82) is 0 Å². The van der Waals surface area contributed by atoms with Gasteiger partial charge in [0.2, 0.25) is 0 Å². The second-order valence-corrected chi connectivity index (χ2v) is 8.49. The van der Waals surface area contributed by atoms with E-state index in [1.165, 1.54) is 11.3 Å². The van der Waals surface area contributed by atoms with Gasteiger partial charge in [0.05, 0.1) is 27.7 Å². The topological polar surface area (TPSA) is 76.0 Å². The fourth-order valence-electron chi connectivity index (χ4n) is 3.27. The molecule has 6 nitrogen and oxygen atoms in total. The van der Waals surface area contributed by atoms with Gasteiger partial charge in [0.25, 0.3) is 11.8 Å². The molecule has 0 bridgehead atoms. The molecule has 0 aliphatic carbocycles. The maximum Gasteiger partial charge on any atom is 0.261 e. The molecule has 0 atom stereocenters. The number of amides is 2. The van der Waals surface area contributed by atoms with Crippen molar-refractivity contribution < 1.29 is 9.59 Å². The Morgan fingerprint density at radius 1 is 1.00 bits per heavy atom. The van der Waals surface area contributed by atoms with Crippen LogP contribution in [0.1, 0.15) is 31.3 Å². The van der Waals surface area contributed by atoms with E-state index in [9.17, 15) is 9.59 Å². The van der Waals surface area contributed by atoms with Crippen molar-refractivity contribution in [2.75, 3.05) is 13.1 Å². The monoisotopic (exact) mass is 452 g/mol. The molecule has 158 valence electrons. The lowest BCUT2D eigenvalue weighted by Crippen LogP contribution is -2.34. The van der Waals surface area contributed by atoms with Gasteiger partial charge in [-0.3, -0.25) is 14.3 Å². The number of nitrogens with zero attached hydrogens (tertiary/aromatic N) is 2. The molecule has 0 fully saturated rings. The molecule has 2 N–H and O–H groups in total. The van der Waals surface area contributed by atoms with E-state index in [-0.39, 0.29) is 11.8 Å². The van der Waals surface area contributed by atoms with Crippen LogP contribution in [0.2, 0.25) is 5.02 Å². The van der Waals surface area contributed by atoms with Gasteiger partial charge in [-0.15, -0.1) is 11.3 Å². The number of aromatic nitrogens is 2. The van der Waals surface area contributed by atoms with Crippen LogP contribution in [0, 0.1) is 6.92 Å². The van der Waals surface area contributed by atoms with Gasteiger partial charge in [-0.2, -0.15) is 5.10 Å². The first-order chi connectivity index (χ1) is 15.0. The Labute approximate surface area is 188 Å². The van der Waals surface area contributed by atoms with Gasteiger partial charge in [0, 0.05) is 18.5 Å². The van der Waals surface area contributed by atoms with E-state index in [1.807, 2.05) is 35.9 Å². The molecular weight excluding hydrogens is 432 g/mol. The van der Waals surface area contributed by atoms with E-state index in [2.05, 4.69) is 27.9 Å². The number of aryl methyl sites for hydroxylation is 1. The molecule has 31 heavy (non-hydrogen) atoms. The van der Waals surface area contributed by atoms with Gasteiger partial charge in [0.1, 0.15) is 4.83 Å². The molecule has 4 rings (SSSR count). The number of rotatable bonds is 7. The highest BCUT2D eigenvalue weighted by molar-refractivity contribution is 7.20. The van der Waals surface area contributed by atoms with Gasteiger partial charge in [-0.1, -0.05) is 54.1 Å². The fourth-order valence-corrected chi connectivity index (χ4v) is 4.57. The molecule has 0 aliphatic heterocycles. The average molecular weight is 453 g/mol. The molecule has 2 amide bonds. The van der Waals surface area contributed by atoms with Crippen LogP contribution in [0.5, 0.6) is 0 Å². The highest BCUT2D eigenvalue weighted by Gasteiger charge is 2.16. The zero-order chi connectivity index (χ0) is 21.8. The fraction of sp³-hybridized carbons (Fsp3) is 0.174. The molecule has 0 saturated heterocycles.